The second-order valence-electron chi connectivity index (χ2n) is 13.8. The molecule has 0 aromatic rings. The summed E-state index contributed by atoms with van der Waals surface area (Å²) in [7, 11) is 0. The molecule has 0 bridgehead atoms. The highest BCUT2D eigenvalue weighted by Gasteiger charge is 2.75. The average molecular weight is 455 g/mol. The maximum Gasteiger partial charge on any atom is 0.313 e. The van der Waals surface area contributed by atoms with E-state index in [1.807, 2.05) is 0 Å². The first-order chi connectivity index (χ1) is 15.3. The topological polar surface area (TPSA) is 46.5 Å². The minimum absolute atomic E-state index is 0.0581. The molecule has 4 fully saturated rings. The van der Waals surface area contributed by atoms with Crippen LogP contribution < -0.4 is 0 Å². The molecular weight excluding hydrogens is 408 g/mol. The Morgan fingerprint density at radius 3 is 2.52 bits per heavy atom. The summed E-state index contributed by atoms with van der Waals surface area (Å²) >= 11 is 0. The number of carbonyl (C=O) groups excluding carboxylic acids is 1. The third-order valence-electron chi connectivity index (χ3n) is 11.9. The molecule has 0 aromatic heterocycles. The van der Waals surface area contributed by atoms with Gasteiger partial charge in [-0.15, -0.1) is 6.58 Å². The number of cyclic esters (lactones) is 1. The Hall–Kier alpha value is -1.09. The summed E-state index contributed by atoms with van der Waals surface area (Å²) in [5.41, 5.74) is 2.17. The Morgan fingerprint density at radius 2 is 1.82 bits per heavy atom. The lowest BCUT2D eigenvalue weighted by atomic mass is 9.41. The molecule has 4 aliphatic carbocycles. The van der Waals surface area contributed by atoms with E-state index in [4.69, 9.17) is 4.74 Å². The minimum atomic E-state index is -0.347. The van der Waals surface area contributed by atoms with Gasteiger partial charge in [0.05, 0.1) is 11.5 Å². The van der Waals surface area contributed by atoms with Crippen LogP contribution in [0, 0.1) is 39.4 Å². The van der Waals surface area contributed by atoms with Crippen molar-refractivity contribution in [2.75, 3.05) is 0 Å². The van der Waals surface area contributed by atoms with Crippen molar-refractivity contribution in [3.63, 3.8) is 0 Å². The van der Waals surface area contributed by atoms with Crippen LogP contribution in [0.2, 0.25) is 0 Å². The molecule has 3 nitrogen and oxygen atoms in total. The molecule has 0 aromatic carbocycles. The van der Waals surface area contributed by atoms with Crippen molar-refractivity contribution in [1.29, 1.82) is 0 Å². The average Bonchev–Trinajstić information content (AvgIpc) is 3.16. The molecule has 3 saturated carbocycles. The maximum atomic E-state index is 13.8. The van der Waals surface area contributed by atoms with Gasteiger partial charge in [0.25, 0.3) is 0 Å². The Bertz CT molecular complexity index is 900. The number of hydrogen-bond acceptors (Lipinski definition) is 3. The minimum Gasteiger partial charge on any atom is -0.459 e. The molecule has 1 N–H and O–H groups in total. The van der Waals surface area contributed by atoms with E-state index in [1.165, 1.54) is 5.57 Å². The van der Waals surface area contributed by atoms with Crippen LogP contribution >= 0.6 is 0 Å². The summed E-state index contributed by atoms with van der Waals surface area (Å²) in [6.45, 7) is 17.9. The van der Waals surface area contributed by atoms with Gasteiger partial charge >= 0.3 is 5.97 Å². The second-order valence-corrected chi connectivity index (χ2v) is 13.8. The molecule has 1 spiro atoms. The number of carbonyl (C=O) groups is 1. The van der Waals surface area contributed by atoms with E-state index >= 15 is 0 Å². The first-order valence-electron chi connectivity index (χ1n) is 13.6. The number of aliphatic hydroxyl groups excluding tert-OH is 1. The largest absolute Gasteiger partial charge is 0.459 e. The predicted molar refractivity (Wildman–Crippen MR) is 132 cm³/mol. The van der Waals surface area contributed by atoms with Gasteiger partial charge in [0.2, 0.25) is 0 Å². The summed E-state index contributed by atoms with van der Waals surface area (Å²) in [5.74, 6) is 1.45. The van der Waals surface area contributed by atoms with Crippen LogP contribution in [0.1, 0.15) is 106 Å². The Kier molecular flexibility index (Phi) is 5.17. The molecular formula is C30H46O3. The van der Waals surface area contributed by atoms with Crippen molar-refractivity contribution in [2.45, 2.75) is 117 Å². The highest BCUT2D eigenvalue weighted by Crippen LogP contribution is 2.76. The van der Waals surface area contributed by atoms with Crippen molar-refractivity contribution in [3.8, 4) is 0 Å². The van der Waals surface area contributed by atoms with Gasteiger partial charge in [-0.25, -0.2) is 0 Å². The molecule has 8 unspecified atom stereocenters. The number of rotatable bonds is 4. The van der Waals surface area contributed by atoms with Crippen molar-refractivity contribution >= 4 is 5.97 Å². The van der Waals surface area contributed by atoms with Gasteiger partial charge in [-0.05, 0) is 101 Å². The monoisotopic (exact) mass is 454 g/mol. The second kappa shape index (κ2) is 7.21. The number of esters is 1. The van der Waals surface area contributed by atoms with Crippen LogP contribution in [-0.4, -0.2) is 22.8 Å². The number of aliphatic hydroxyl groups is 1. The zero-order valence-electron chi connectivity index (χ0n) is 21.9. The molecule has 0 amide bonds. The molecule has 0 radical (unpaired) electrons. The van der Waals surface area contributed by atoms with Gasteiger partial charge in [-0.3, -0.25) is 4.79 Å². The van der Waals surface area contributed by atoms with E-state index in [0.29, 0.717) is 17.8 Å². The zero-order valence-corrected chi connectivity index (χ0v) is 21.9. The van der Waals surface area contributed by atoms with Crippen molar-refractivity contribution in [1.82, 2.24) is 0 Å². The number of fused-ring (bicyclic) bond motifs is 4. The van der Waals surface area contributed by atoms with Gasteiger partial charge in [0.15, 0.2) is 0 Å². The van der Waals surface area contributed by atoms with Gasteiger partial charge in [-0.1, -0.05) is 44.9 Å². The van der Waals surface area contributed by atoms with E-state index in [2.05, 4.69) is 54.2 Å². The fraction of sp³-hybridized carbons (Fsp3) is 0.833. The lowest BCUT2D eigenvalue weighted by molar-refractivity contribution is -0.163. The fourth-order valence-corrected chi connectivity index (χ4v) is 10.1. The quantitative estimate of drug-likeness (QED) is 0.368. The predicted octanol–water partition coefficient (Wildman–Crippen LogP) is 6.99. The SMILES string of the molecule is C=C(C)CCCC1(C)OC(=O)C23CCC4C(=CCC5C(C)(C)C(O)CCC45C)C2(C)CCC13. The molecule has 3 heteroatoms. The summed E-state index contributed by atoms with van der Waals surface area (Å²) in [6, 6.07) is 0. The van der Waals surface area contributed by atoms with Gasteiger partial charge in [-0.2, -0.15) is 0 Å². The summed E-state index contributed by atoms with van der Waals surface area (Å²) in [6.07, 6.45) is 12.6. The summed E-state index contributed by atoms with van der Waals surface area (Å²) in [4.78, 5) is 13.8. The smallest absolute Gasteiger partial charge is 0.313 e. The van der Waals surface area contributed by atoms with E-state index in [-0.39, 0.29) is 39.3 Å². The van der Waals surface area contributed by atoms with E-state index in [0.717, 1.165) is 64.2 Å². The number of ether oxygens (including phenoxy) is 1. The molecule has 1 saturated heterocycles. The Balaban J connectivity index is 1.50. The van der Waals surface area contributed by atoms with Gasteiger partial charge in [0, 0.05) is 11.3 Å². The lowest BCUT2D eigenvalue weighted by Crippen LogP contribution is -2.59. The van der Waals surface area contributed by atoms with Gasteiger partial charge in [0.1, 0.15) is 5.60 Å². The first kappa shape index (κ1) is 23.6. The molecule has 1 aliphatic heterocycles. The highest BCUT2D eigenvalue weighted by molar-refractivity contribution is 5.83. The molecule has 33 heavy (non-hydrogen) atoms. The summed E-state index contributed by atoms with van der Waals surface area (Å²) in [5, 5.41) is 10.8. The molecule has 5 aliphatic rings. The molecule has 5 rings (SSSR count). The number of allylic oxidation sites excluding steroid dienone is 3. The third kappa shape index (κ3) is 2.87. The zero-order chi connectivity index (χ0) is 24.0. The van der Waals surface area contributed by atoms with Crippen LogP contribution in [0.4, 0.5) is 0 Å². The first-order valence-corrected chi connectivity index (χ1v) is 13.6. The highest BCUT2D eigenvalue weighted by atomic mass is 16.6. The van der Waals surface area contributed by atoms with Gasteiger partial charge < -0.3 is 9.84 Å². The lowest BCUT2D eigenvalue weighted by Gasteiger charge is -2.63. The van der Waals surface area contributed by atoms with Crippen LogP contribution in [0.25, 0.3) is 0 Å². The molecule has 184 valence electrons. The third-order valence-corrected chi connectivity index (χ3v) is 11.9. The number of hydrogen-bond donors (Lipinski definition) is 1. The molecule has 8 atom stereocenters. The van der Waals surface area contributed by atoms with E-state index in [9.17, 15) is 9.90 Å². The van der Waals surface area contributed by atoms with E-state index < -0.39 is 0 Å². The normalized spacial score (nSPS) is 49.9. The maximum absolute atomic E-state index is 13.8. The fourth-order valence-electron chi connectivity index (χ4n) is 10.1. The van der Waals surface area contributed by atoms with E-state index in [1.54, 1.807) is 5.57 Å². The Morgan fingerprint density at radius 1 is 1.09 bits per heavy atom. The standard InChI is InChI=1S/C30H46O3/c1-19(2)9-8-15-29(7)23-13-17-28(6)21-10-11-22-26(3,4)24(31)14-16-27(22,5)20(21)12-18-30(23,28)25(32)33-29/h10,20,22-24,31H,1,8-9,11-18H2,2-7H3. The van der Waals surface area contributed by atoms with Crippen LogP contribution in [0.3, 0.4) is 0 Å². The van der Waals surface area contributed by atoms with Crippen LogP contribution in [0.15, 0.2) is 23.8 Å². The van der Waals surface area contributed by atoms with Crippen molar-refractivity contribution < 1.29 is 14.6 Å². The van der Waals surface area contributed by atoms with Crippen LogP contribution in [-0.2, 0) is 9.53 Å². The molecule has 1 heterocycles. The van der Waals surface area contributed by atoms with Crippen molar-refractivity contribution in [2.24, 2.45) is 39.4 Å². The van der Waals surface area contributed by atoms with Crippen LogP contribution in [0.5, 0.6) is 0 Å². The Labute approximate surface area is 201 Å². The summed E-state index contributed by atoms with van der Waals surface area (Å²) < 4.78 is 6.35. The van der Waals surface area contributed by atoms with Crippen molar-refractivity contribution in [3.05, 3.63) is 23.8 Å².